The van der Waals surface area contributed by atoms with Crippen LogP contribution in [0.5, 0.6) is 11.5 Å². The fourth-order valence-corrected chi connectivity index (χ4v) is 1.78. The van der Waals surface area contributed by atoms with E-state index in [1.165, 1.54) is 0 Å². The fourth-order valence-electron chi connectivity index (χ4n) is 1.78. The van der Waals surface area contributed by atoms with Gasteiger partial charge in [0.2, 0.25) is 5.91 Å². The van der Waals surface area contributed by atoms with E-state index < -0.39 is 0 Å². The molecular weight excluding hydrogens is 234 g/mol. The van der Waals surface area contributed by atoms with Crippen molar-refractivity contribution in [2.24, 2.45) is 0 Å². The summed E-state index contributed by atoms with van der Waals surface area (Å²) >= 11 is 0. The number of rotatable bonds is 4. The number of carbonyl (C=O) groups excluding carboxylic acids is 1. The molecule has 0 unspecified atom stereocenters. The first-order valence-corrected chi connectivity index (χ1v) is 5.81. The van der Waals surface area contributed by atoms with Gasteiger partial charge in [0, 0.05) is 7.05 Å². The number of carbonyl (C=O) groups is 1. The summed E-state index contributed by atoms with van der Waals surface area (Å²) in [7, 11) is 3.36. The lowest BCUT2D eigenvalue weighted by molar-refractivity contribution is -0.147. The van der Waals surface area contributed by atoms with Crippen LogP contribution in [-0.2, 0) is 9.53 Å². The first kappa shape index (κ1) is 12.7. The van der Waals surface area contributed by atoms with Crippen molar-refractivity contribution in [1.82, 2.24) is 4.90 Å². The summed E-state index contributed by atoms with van der Waals surface area (Å²) in [6.45, 7) is 1.04. The maximum Gasteiger partial charge on any atom is 0.248 e. The van der Waals surface area contributed by atoms with Crippen LogP contribution in [0.2, 0.25) is 0 Å². The molecule has 0 aromatic heterocycles. The van der Waals surface area contributed by atoms with E-state index >= 15 is 0 Å². The molecule has 1 saturated heterocycles. The van der Waals surface area contributed by atoms with Gasteiger partial charge in [-0.2, -0.15) is 0 Å². The molecule has 0 N–H and O–H groups in total. The maximum absolute atomic E-state index is 11.5. The van der Waals surface area contributed by atoms with Gasteiger partial charge in [0.25, 0.3) is 0 Å². The number of methoxy groups -OCH3 is 1. The average Bonchev–Trinajstić information content (AvgIpc) is 2.41. The van der Waals surface area contributed by atoms with Gasteiger partial charge >= 0.3 is 0 Å². The van der Waals surface area contributed by atoms with Crippen molar-refractivity contribution in [1.29, 1.82) is 0 Å². The van der Waals surface area contributed by atoms with E-state index in [2.05, 4.69) is 0 Å². The van der Waals surface area contributed by atoms with Gasteiger partial charge in [-0.25, -0.2) is 0 Å². The SMILES string of the molecule is COc1ccccc1OC[C@@H]1COCC(=O)N1C. The van der Waals surface area contributed by atoms with Gasteiger partial charge in [0.1, 0.15) is 13.2 Å². The van der Waals surface area contributed by atoms with Gasteiger partial charge in [-0.3, -0.25) is 4.79 Å². The van der Waals surface area contributed by atoms with E-state index in [9.17, 15) is 4.79 Å². The van der Waals surface area contributed by atoms with Crippen LogP contribution in [-0.4, -0.2) is 50.8 Å². The summed E-state index contributed by atoms with van der Waals surface area (Å²) in [6, 6.07) is 7.37. The Balaban J connectivity index is 1.96. The minimum Gasteiger partial charge on any atom is -0.493 e. The molecular formula is C13H17NO4. The van der Waals surface area contributed by atoms with Gasteiger partial charge in [0.05, 0.1) is 19.8 Å². The molecule has 1 fully saturated rings. The molecule has 1 amide bonds. The second-order valence-corrected chi connectivity index (χ2v) is 4.14. The number of hydrogen-bond acceptors (Lipinski definition) is 4. The lowest BCUT2D eigenvalue weighted by atomic mass is 10.2. The van der Waals surface area contributed by atoms with Gasteiger partial charge in [0.15, 0.2) is 11.5 Å². The largest absolute Gasteiger partial charge is 0.493 e. The molecule has 1 aliphatic rings. The van der Waals surface area contributed by atoms with Crippen molar-refractivity contribution >= 4 is 5.91 Å². The molecule has 1 aliphatic heterocycles. The van der Waals surface area contributed by atoms with Gasteiger partial charge < -0.3 is 19.1 Å². The van der Waals surface area contributed by atoms with Crippen molar-refractivity contribution in [3.63, 3.8) is 0 Å². The molecule has 1 aromatic carbocycles. The van der Waals surface area contributed by atoms with Crippen LogP contribution in [0.1, 0.15) is 0 Å². The third-order valence-corrected chi connectivity index (χ3v) is 2.98. The number of amides is 1. The normalized spacial score (nSPS) is 19.8. The van der Waals surface area contributed by atoms with E-state index in [-0.39, 0.29) is 18.6 Å². The quantitative estimate of drug-likeness (QED) is 0.798. The first-order chi connectivity index (χ1) is 8.72. The first-order valence-electron chi connectivity index (χ1n) is 5.81. The highest BCUT2D eigenvalue weighted by Crippen LogP contribution is 2.26. The number of nitrogens with zero attached hydrogens (tertiary/aromatic N) is 1. The molecule has 0 spiro atoms. The maximum atomic E-state index is 11.5. The number of hydrogen-bond donors (Lipinski definition) is 0. The minimum absolute atomic E-state index is 0.0186. The zero-order valence-corrected chi connectivity index (χ0v) is 10.6. The third kappa shape index (κ3) is 2.73. The van der Waals surface area contributed by atoms with Crippen molar-refractivity contribution in [3.8, 4) is 11.5 Å². The number of ether oxygens (including phenoxy) is 3. The van der Waals surface area contributed by atoms with E-state index in [0.717, 1.165) is 0 Å². The Kier molecular flexibility index (Phi) is 4.04. The van der Waals surface area contributed by atoms with Gasteiger partial charge in [-0.05, 0) is 12.1 Å². The van der Waals surface area contributed by atoms with Gasteiger partial charge in [-0.15, -0.1) is 0 Å². The van der Waals surface area contributed by atoms with Crippen molar-refractivity contribution in [2.45, 2.75) is 6.04 Å². The minimum atomic E-state index is -0.0591. The van der Waals surface area contributed by atoms with E-state index in [1.54, 1.807) is 19.1 Å². The number of morpholine rings is 1. The molecule has 1 aromatic rings. The Bertz CT molecular complexity index is 421. The average molecular weight is 251 g/mol. The molecule has 18 heavy (non-hydrogen) atoms. The molecule has 98 valence electrons. The highest BCUT2D eigenvalue weighted by molar-refractivity contribution is 5.78. The summed E-state index contributed by atoms with van der Waals surface area (Å²) in [5.41, 5.74) is 0. The topological polar surface area (TPSA) is 48.0 Å². The Morgan fingerprint density at radius 2 is 2.11 bits per heavy atom. The summed E-state index contributed by atoms with van der Waals surface area (Å²) < 4.78 is 16.1. The second kappa shape index (κ2) is 5.73. The molecule has 2 rings (SSSR count). The number of likely N-dealkylation sites (N-methyl/N-ethyl adjacent to an activating group) is 1. The second-order valence-electron chi connectivity index (χ2n) is 4.14. The molecule has 1 atom stereocenters. The van der Waals surface area contributed by atoms with Crippen molar-refractivity contribution < 1.29 is 19.0 Å². The molecule has 0 radical (unpaired) electrons. The Morgan fingerprint density at radius 3 is 2.83 bits per heavy atom. The van der Waals surface area contributed by atoms with Crippen LogP contribution in [0.3, 0.4) is 0 Å². The van der Waals surface area contributed by atoms with Crippen LogP contribution < -0.4 is 9.47 Å². The highest BCUT2D eigenvalue weighted by atomic mass is 16.5. The Morgan fingerprint density at radius 1 is 1.39 bits per heavy atom. The number of benzene rings is 1. The van der Waals surface area contributed by atoms with Crippen LogP contribution in [0, 0.1) is 0 Å². The molecule has 0 saturated carbocycles. The zero-order chi connectivity index (χ0) is 13.0. The summed E-state index contributed by atoms with van der Waals surface area (Å²) in [5.74, 6) is 1.34. The van der Waals surface area contributed by atoms with Crippen LogP contribution in [0.4, 0.5) is 0 Å². The van der Waals surface area contributed by atoms with Crippen LogP contribution in [0.15, 0.2) is 24.3 Å². The predicted octanol–water partition coefficient (Wildman–Crippen LogP) is 0.931. The predicted molar refractivity (Wildman–Crippen MR) is 65.9 cm³/mol. The standard InChI is InChI=1S/C13H17NO4/c1-14-10(7-17-9-13(14)15)8-18-12-6-4-3-5-11(12)16-2/h3-6,10H,7-9H2,1-2H3/t10-/m0/s1. The third-order valence-electron chi connectivity index (χ3n) is 2.98. The lowest BCUT2D eigenvalue weighted by Gasteiger charge is -2.32. The van der Waals surface area contributed by atoms with Crippen molar-refractivity contribution in [2.75, 3.05) is 34.0 Å². The fraction of sp³-hybridized carbons (Fsp3) is 0.462. The highest BCUT2D eigenvalue weighted by Gasteiger charge is 2.26. The smallest absolute Gasteiger partial charge is 0.248 e. The zero-order valence-electron chi connectivity index (χ0n) is 10.6. The molecule has 0 aliphatic carbocycles. The molecule has 5 nitrogen and oxygen atoms in total. The molecule has 1 heterocycles. The Hall–Kier alpha value is -1.75. The van der Waals surface area contributed by atoms with Crippen molar-refractivity contribution in [3.05, 3.63) is 24.3 Å². The van der Waals surface area contributed by atoms with E-state index in [0.29, 0.717) is 24.7 Å². The number of para-hydroxylation sites is 2. The molecule has 0 bridgehead atoms. The van der Waals surface area contributed by atoms with E-state index in [4.69, 9.17) is 14.2 Å². The van der Waals surface area contributed by atoms with Crippen LogP contribution in [0.25, 0.3) is 0 Å². The monoisotopic (exact) mass is 251 g/mol. The summed E-state index contributed by atoms with van der Waals surface area (Å²) in [5, 5.41) is 0. The van der Waals surface area contributed by atoms with Gasteiger partial charge in [-0.1, -0.05) is 12.1 Å². The molecule has 5 heteroatoms. The van der Waals surface area contributed by atoms with E-state index in [1.807, 2.05) is 24.3 Å². The summed E-state index contributed by atoms with van der Waals surface area (Å²) in [4.78, 5) is 13.1. The summed E-state index contributed by atoms with van der Waals surface area (Å²) in [6.07, 6.45) is 0. The lowest BCUT2D eigenvalue weighted by Crippen LogP contribution is -2.49. The Labute approximate surface area is 106 Å². The van der Waals surface area contributed by atoms with Crippen LogP contribution >= 0.6 is 0 Å².